The second-order valence-corrected chi connectivity index (χ2v) is 3.20. The van der Waals surface area contributed by atoms with Crippen LogP contribution in [0.4, 0.5) is 0 Å². The molecule has 104 valence electrons. The van der Waals surface area contributed by atoms with Crippen molar-refractivity contribution in [3.8, 4) is 0 Å². The van der Waals surface area contributed by atoms with Crippen molar-refractivity contribution >= 4 is 41.0 Å². The van der Waals surface area contributed by atoms with Crippen molar-refractivity contribution in [2.75, 3.05) is 6.54 Å². The normalized spacial score (nSPS) is 10.8. The summed E-state index contributed by atoms with van der Waals surface area (Å²) in [6.45, 7) is 0.604. The van der Waals surface area contributed by atoms with Crippen molar-refractivity contribution in [2.24, 2.45) is 11.5 Å². The fraction of sp³-hybridized carbons (Fsp3) is 0.500. The number of unbranched alkanes of at least 4 members (excludes halogenated alkanes) is 1. The molecule has 0 fully saturated rings. The molecule has 0 heterocycles. The zero-order valence-corrected chi connectivity index (χ0v) is 11.8. The maximum absolute atomic E-state index is 10.1. The van der Waals surface area contributed by atoms with Gasteiger partial charge in [-0.3, -0.25) is 4.79 Å². The summed E-state index contributed by atoms with van der Waals surface area (Å²) in [5, 5.41) is 27.2. The molecule has 5 N–H and O–H groups in total. The van der Waals surface area contributed by atoms with E-state index in [4.69, 9.17) is 16.6 Å². The van der Waals surface area contributed by atoms with Crippen LogP contribution in [0.2, 0.25) is 0 Å². The third-order valence-corrected chi connectivity index (χ3v) is 1.64. The summed E-state index contributed by atoms with van der Waals surface area (Å²) in [5.41, 5.74) is 10.4. The fourth-order valence-corrected chi connectivity index (χ4v) is 0.768. The Hall–Kier alpha value is -1.16. The molecule has 0 bridgehead atoms. The first-order chi connectivity index (χ1) is 8.31. The average Bonchev–Trinajstić information content (AvgIpc) is 2.27. The van der Waals surface area contributed by atoms with Crippen molar-refractivity contribution in [1.29, 1.82) is 0 Å². The first-order valence-electron chi connectivity index (χ1n) is 5.09. The molecular formula is C10H16MgN2O6. The van der Waals surface area contributed by atoms with Gasteiger partial charge in [-0.25, -0.2) is 0 Å². The van der Waals surface area contributed by atoms with Gasteiger partial charge >= 0.3 is 29.0 Å². The number of hydrogen-bond donors (Lipinski definition) is 3. The first kappa shape index (κ1) is 23.0. The summed E-state index contributed by atoms with van der Waals surface area (Å²) in [4.78, 5) is 29.0. The largest absolute Gasteiger partial charge is 2.00 e. The molecule has 0 unspecified atom stereocenters. The summed E-state index contributed by atoms with van der Waals surface area (Å²) in [6, 6.07) is -0.716. The summed E-state index contributed by atoms with van der Waals surface area (Å²) >= 11 is 0. The summed E-state index contributed by atoms with van der Waals surface area (Å²) in [5.74, 6) is -4.03. The Morgan fingerprint density at radius 3 is 1.79 bits per heavy atom. The van der Waals surface area contributed by atoms with Crippen LogP contribution >= 0.6 is 0 Å². The van der Waals surface area contributed by atoms with E-state index in [0.29, 0.717) is 25.1 Å². The van der Waals surface area contributed by atoms with E-state index in [-0.39, 0.29) is 23.1 Å². The minimum atomic E-state index is -1.55. The molecule has 19 heavy (non-hydrogen) atoms. The molecule has 0 rings (SSSR count). The smallest absolute Gasteiger partial charge is 0.545 e. The number of rotatable bonds is 7. The minimum Gasteiger partial charge on any atom is -0.545 e. The van der Waals surface area contributed by atoms with Crippen molar-refractivity contribution in [3.63, 3.8) is 0 Å². The molecule has 0 aliphatic carbocycles. The zero-order chi connectivity index (χ0) is 14.6. The minimum absolute atomic E-state index is 0. The Morgan fingerprint density at radius 2 is 1.53 bits per heavy atom. The number of hydrogen-bond acceptors (Lipinski definition) is 7. The number of nitrogens with two attached hydrogens (primary N) is 2. The van der Waals surface area contributed by atoms with Crippen LogP contribution in [0, 0.1) is 0 Å². The fourth-order valence-electron chi connectivity index (χ4n) is 0.768. The Bertz CT molecular complexity index is 292. The molecule has 0 aromatic carbocycles. The first-order valence-corrected chi connectivity index (χ1v) is 5.09. The molecule has 0 spiro atoms. The summed E-state index contributed by atoms with van der Waals surface area (Å²) < 4.78 is 0. The number of carboxylic acid groups (broad SMARTS) is 3. The number of aliphatic carboxylic acids is 3. The Morgan fingerprint density at radius 1 is 1.11 bits per heavy atom. The van der Waals surface area contributed by atoms with Gasteiger partial charge in [-0.1, -0.05) is 6.42 Å². The van der Waals surface area contributed by atoms with Crippen molar-refractivity contribution in [3.05, 3.63) is 12.2 Å². The van der Waals surface area contributed by atoms with Gasteiger partial charge in [0.1, 0.15) is 6.04 Å². The molecule has 0 radical (unpaired) electrons. The van der Waals surface area contributed by atoms with Gasteiger partial charge < -0.3 is 36.4 Å². The summed E-state index contributed by atoms with van der Waals surface area (Å²) in [7, 11) is 0. The Labute approximate surface area is 126 Å². The van der Waals surface area contributed by atoms with Crippen LogP contribution in [-0.4, -0.2) is 58.7 Å². The topological polar surface area (TPSA) is 170 Å². The quantitative estimate of drug-likeness (QED) is 0.242. The van der Waals surface area contributed by atoms with Gasteiger partial charge in [0.2, 0.25) is 0 Å². The van der Waals surface area contributed by atoms with E-state index in [1.54, 1.807) is 0 Å². The molecule has 0 aliphatic rings. The molecule has 0 aromatic rings. The summed E-state index contributed by atoms with van der Waals surface area (Å²) in [6.07, 6.45) is 2.93. The molecule has 1 atom stereocenters. The predicted molar refractivity (Wildman–Crippen MR) is 63.4 cm³/mol. The molecule has 0 saturated carbocycles. The van der Waals surface area contributed by atoms with Crippen LogP contribution in [0.3, 0.4) is 0 Å². The Kier molecular flexibility index (Phi) is 18.0. The van der Waals surface area contributed by atoms with Crippen LogP contribution in [-0.2, 0) is 14.4 Å². The van der Waals surface area contributed by atoms with Crippen LogP contribution in [0.5, 0.6) is 0 Å². The second-order valence-electron chi connectivity index (χ2n) is 3.20. The number of carbonyl (C=O) groups excluding carboxylic acids is 2. The number of carbonyl (C=O) groups is 3. The molecule has 0 saturated heterocycles. The average molecular weight is 285 g/mol. The van der Waals surface area contributed by atoms with Crippen LogP contribution < -0.4 is 21.7 Å². The monoisotopic (exact) mass is 284 g/mol. The van der Waals surface area contributed by atoms with Gasteiger partial charge in [0.05, 0.1) is 11.9 Å². The van der Waals surface area contributed by atoms with Gasteiger partial charge in [-0.05, 0) is 31.5 Å². The SMILES string of the molecule is NCCCC[C@H](N)C(=O)O.O=C([O-])/C=C/C(=O)[O-].[Mg+2]. The second kappa shape index (κ2) is 14.9. The van der Waals surface area contributed by atoms with Crippen LogP contribution in [0.1, 0.15) is 19.3 Å². The molecule has 0 amide bonds. The molecule has 0 aromatic heterocycles. The van der Waals surface area contributed by atoms with Gasteiger partial charge in [0.15, 0.2) is 0 Å². The van der Waals surface area contributed by atoms with Gasteiger partial charge in [0, 0.05) is 0 Å². The van der Waals surface area contributed by atoms with E-state index in [1.807, 2.05) is 0 Å². The molecule has 9 heteroatoms. The third-order valence-electron chi connectivity index (χ3n) is 1.64. The molecular weight excluding hydrogens is 268 g/mol. The predicted octanol–water partition coefficient (Wildman–Crippen LogP) is -3.81. The van der Waals surface area contributed by atoms with E-state index in [9.17, 15) is 24.6 Å². The maximum atomic E-state index is 10.1. The van der Waals surface area contributed by atoms with Crippen molar-refractivity contribution in [1.82, 2.24) is 0 Å². The van der Waals surface area contributed by atoms with E-state index < -0.39 is 23.9 Å². The van der Waals surface area contributed by atoms with E-state index >= 15 is 0 Å². The van der Waals surface area contributed by atoms with Crippen LogP contribution in [0.25, 0.3) is 0 Å². The maximum Gasteiger partial charge on any atom is 2.00 e. The van der Waals surface area contributed by atoms with Gasteiger partial charge in [-0.15, -0.1) is 0 Å². The van der Waals surface area contributed by atoms with E-state index in [0.717, 1.165) is 12.8 Å². The van der Waals surface area contributed by atoms with Gasteiger partial charge in [0.25, 0.3) is 0 Å². The number of carboxylic acids is 3. The van der Waals surface area contributed by atoms with Gasteiger partial charge in [-0.2, -0.15) is 0 Å². The third kappa shape index (κ3) is 22.5. The van der Waals surface area contributed by atoms with Crippen molar-refractivity contribution < 1.29 is 29.7 Å². The van der Waals surface area contributed by atoms with E-state index in [1.165, 1.54) is 0 Å². The molecule has 0 aliphatic heterocycles. The Balaban J connectivity index is -0.000000262. The molecule has 8 nitrogen and oxygen atoms in total. The van der Waals surface area contributed by atoms with Crippen LogP contribution in [0.15, 0.2) is 12.2 Å². The van der Waals surface area contributed by atoms with Crippen molar-refractivity contribution in [2.45, 2.75) is 25.3 Å². The zero-order valence-electron chi connectivity index (χ0n) is 10.4. The van der Waals surface area contributed by atoms with E-state index in [2.05, 4.69) is 0 Å². The standard InChI is InChI=1S/C6H14N2O2.C4H4O4.Mg/c7-4-2-1-3-5(8)6(9)10;5-3(6)1-2-4(7)8;/h5H,1-4,7-8H2,(H,9,10);1-2H,(H,5,6)(H,7,8);/q;;+2/p-2/b;2-1+;/t5-;;/m0../s1.